The molecule has 0 atom stereocenters. The third-order valence-corrected chi connectivity index (χ3v) is 4.32. The Morgan fingerprint density at radius 1 is 1.14 bits per heavy atom. The quantitative estimate of drug-likeness (QED) is 0.806. The number of pyridine rings is 2. The Hall–Kier alpha value is -2.27. The van der Waals surface area contributed by atoms with E-state index < -0.39 is 0 Å². The highest BCUT2D eigenvalue weighted by atomic mass is 15.1. The summed E-state index contributed by atoms with van der Waals surface area (Å²) in [6.45, 7) is 3.18. The summed E-state index contributed by atoms with van der Waals surface area (Å²) in [6, 6.07) is 7.99. The summed E-state index contributed by atoms with van der Waals surface area (Å²) in [4.78, 5) is 13.6. The smallest absolute Gasteiger partial charge is 0.160 e. The van der Waals surface area contributed by atoms with Crippen molar-refractivity contribution in [3.05, 3.63) is 42.9 Å². The molecule has 5 heteroatoms. The molecule has 5 nitrogen and oxygen atoms in total. The number of nitrogens with one attached hydrogen (secondary N) is 1. The second-order valence-corrected chi connectivity index (χ2v) is 5.83. The highest BCUT2D eigenvalue weighted by molar-refractivity contribution is 5.76. The first-order chi connectivity index (χ1) is 10.9. The molecule has 0 aliphatic carbocycles. The highest BCUT2D eigenvalue weighted by Gasteiger charge is 2.19. The van der Waals surface area contributed by atoms with Crippen LogP contribution in [-0.4, -0.2) is 32.6 Å². The van der Waals surface area contributed by atoms with Gasteiger partial charge in [-0.15, -0.1) is 0 Å². The predicted octanol–water partition coefficient (Wildman–Crippen LogP) is 2.49. The minimum Gasteiger partial charge on any atom is -0.317 e. The van der Waals surface area contributed by atoms with Crippen molar-refractivity contribution in [2.24, 2.45) is 5.92 Å². The minimum absolute atomic E-state index is 0.677. The molecule has 3 aromatic rings. The fourth-order valence-electron chi connectivity index (χ4n) is 3.17. The molecule has 1 aliphatic rings. The van der Waals surface area contributed by atoms with Gasteiger partial charge in [-0.2, -0.15) is 0 Å². The highest BCUT2D eigenvalue weighted by Crippen LogP contribution is 2.26. The van der Waals surface area contributed by atoms with Crippen molar-refractivity contribution in [1.82, 2.24) is 24.8 Å². The van der Waals surface area contributed by atoms with Crippen LogP contribution in [0.15, 0.2) is 42.9 Å². The molecule has 0 unspecified atom stereocenters. The van der Waals surface area contributed by atoms with Crippen LogP contribution in [0.3, 0.4) is 0 Å². The van der Waals surface area contributed by atoms with E-state index >= 15 is 0 Å². The van der Waals surface area contributed by atoms with Gasteiger partial charge in [-0.25, -0.2) is 9.97 Å². The lowest BCUT2D eigenvalue weighted by molar-refractivity contribution is 0.337. The van der Waals surface area contributed by atoms with E-state index in [1.807, 2.05) is 30.6 Å². The Labute approximate surface area is 129 Å². The zero-order chi connectivity index (χ0) is 14.8. The average Bonchev–Trinajstić information content (AvgIpc) is 2.95. The van der Waals surface area contributed by atoms with Gasteiger partial charge in [0.1, 0.15) is 11.3 Å². The van der Waals surface area contributed by atoms with Crippen molar-refractivity contribution < 1.29 is 0 Å². The molecule has 0 saturated carbocycles. The molecule has 0 amide bonds. The summed E-state index contributed by atoms with van der Waals surface area (Å²) in [5.41, 5.74) is 2.98. The number of imidazole rings is 1. The zero-order valence-electron chi connectivity index (χ0n) is 12.4. The van der Waals surface area contributed by atoms with Crippen molar-refractivity contribution in [3.63, 3.8) is 0 Å². The first-order valence-electron chi connectivity index (χ1n) is 7.84. The third kappa shape index (κ3) is 2.48. The summed E-state index contributed by atoms with van der Waals surface area (Å²) < 4.78 is 2.27. The van der Waals surface area contributed by atoms with E-state index in [0.29, 0.717) is 5.92 Å². The van der Waals surface area contributed by atoms with E-state index in [1.165, 1.54) is 12.8 Å². The molecule has 1 fully saturated rings. The molecule has 0 aromatic carbocycles. The molecule has 112 valence electrons. The van der Waals surface area contributed by atoms with E-state index in [-0.39, 0.29) is 0 Å². The van der Waals surface area contributed by atoms with Gasteiger partial charge in [0.25, 0.3) is 0 Å². The topological polar surface area (TPSA) is 55.6 Å². The van der Waals surface area contributed by atoms with Crippen LogP contribution in [0, 0.1) is 5.92 Å². The van der Waals surface area contributed by atoms with Gasteiger partial charge >= 0.3 is 0 Å². The van der Waals surface area contributed by atoms with Crippen LogP contribution in [0.5, 0.6) is 0 Å². The molecule has 1 saturated heterocycles. The Balaban J connectivity index is 1.79. The summed E-state index contributed by atoms with van der Waals surface area (Å²) in [7, 11) is 0. The number of piperidine rings is 1. The predicted molar refractivity (Wildman–Crippen MR) is 86.4 cm³/mol. The molecule has 3 aromatic heterocycles. The number of nitrogens with zero attached hydrogens (tertiary/aromatic N) is 4. The molecular weight excluding hydrogens is 274 g/mol. The van der Waals surface area contributed by atoms with Gasteiger partial charge in [-0.3, -0.25) is 4.98 Å². The molecule has 0 radical (unpaired) electrons. The first-order valence-corrected chi connectivity index (χ1v) is 7.84. The van der Waals surface area contributed by atoms with Crippen LogP contribution in [-0.2, 0) is 6.54 Å². The molecule has 4 rings (SSSR count). The maximum absolute atomic E-state index is 4.79. The number of rotatable bonds is 3. The van der Waals surface area contributed by atoms with Gasteiger partial charge in [0.15, 0.2) is 5.65 Å². The van der Waals surface area contributed by atoms with Crippen molar-refractivity contribution >= 4 is 11.2 Å². The third-order valence-electron chi connectivity index (χ3n) is 4.32. The van der Waals surface area contributed by atoms with Crippen molar-refractivity contribution in [3.8, 4) is 11.4 Å². The van der Waals surface area contributed by atoms with Crippen LogP contribution >= 0.6 is 0 Å². The monoisotopic (exact) mass is 293 g/mol. The number of hydrogen-bond donors (Lipinski definition) is 1. The lowest BCUT2D eigenvalue weighted by Crippen LogP contribution is -2.30. The van der Waals surface area contributed by atoms with E-state index in [4.69, 9.17) is 4.98 Å². The van der Waals surface area contributed by atoms with Crippen LogP contribution in [0.25, 0.3) is 22.6 Å². The van der Waals surface area contributed by atoms with Crippen molar-refractivity contribution in [1.29, 1.82) is 0 Å². The SMILES string of the molecule is c1cncc(-c2nc3cccnc3n2CC2CCNCC2)c1. The van der Waals surface area contributed by atoms with Gasteiger partial charge in [-0.05, 0) is 56.1 Å². The van der Waals surface area contributed by atoms with Crippen LogP contribution < -0.4 is 5.32 Å². The van der Waals surface area contributed by atoms with Gasteiger partial charge in [-0.1, -0.05) is 0 Å². The molecule has 0 spiro atoms. The molecular formula is C17H19N5. The molecule has 0 bridgehead atoms. The second-order valence-electron chi connectivity index (χ2n) is 5.83. The van der Waals surface area contributed by atoms with Gasteiger partial charge in [0, 0.05) is 30.7 Å². The van der Waals surface area contributed by atoms with Crippen LogP contribution in [0.1, 0.15) is 12.8 Å². The number of aromatic nitrogens is 4. The maximum atomic E-state index is 4.79. The fraction of sp³-hybridized carbons (Fsp3) is 0.353. The van der Waals surface area contributed by atoms with Gasteiger partial charge < -0.3 is 9.88 Å². The summed E-state index contributed by atoms with van der Waals surface area (Å²) in [5, 5.41) is 3.43. The van der Waals surface area contributed by atoms with E-state index in [9.17, 15) is 0 Å². The average molecular weight is 293 g/mol. The lowest BCUT2D eigenvalue weighted by atomic mass is 9.98. The Morgan fingerprint density at radius 2 is 2.00 bits per heavy atom. The van der Waals surface area contributed by atoms with Crippen LogP contribution in [0.2, 0.25) is 0 Å². The van der Waals surface area contributed by atoms with E-state index in [2.05, 4.69) is 25.9 Å². The fourth-order valence-corrected chi connectivity index (χ4v) is 3.17. The number of fused-ring (bicyclic) bond motifs is 1. The zero-order valence-corrected chi connectivity index (χ0v) is 12.4. The van der Waals surface area contributed by atoms with Crippen molar-refractivity contribution in [2.45, 2.75) is 19.4 Å². The lowest BCUT2D eigenvalue weighted by Gasteiger charge is -2.23. The number of hydrogen-bond acceptors (Lipinski definition) is 4. The molecule has 1 aliphatic heterocycles. The summed E-state index contributed by atoms with van der Waals surface area (Å²) in [5.74, 6) is 1.65. The van der Waals surface area contributed by atoms with E-state index in [0.717, 1.165) is 42.2 Å². The molecule has 1 N–H and O–H groups in total. The standard InChI is InChI=1S/C17H19N5/c1-3-14(11-19-7-1)16-21-15-4-2-8-20-17(15)22(16)12-13-5-9-18-10-6-13/h1-4,7-8,11,13,18H,5-6,9-10,12H2. The largest absolute Gasteiger partial charge is 0.317 e. The molecule has 4 heterocycles. The second kappa shape index (κ2) is 5.85. The summed E-state index contributed by atoms with van der Waals surface area (Å²) in [6.07, 6.45) is 7.93. The minimum atomic E-state index is 0.677. The van der Waals surface area contributed by atoms with Gasteiger partial charge in [0.2, 0.25) is 0 Å². The maximum Gasteiger partial charge on any atom is 0.160 e. The van der Waals surface area contributed by atoms with Gasteiger partial charge in [0.05, 0.1) is 0 Å². The first kappa shape index (κ1) is 13.4. The normalized spacial score (nSPS) is 16.2. The molecule has 22 heavy (non-hydrogen) atoms. The van der Waals surface area contributed by atoms with E-state index in [1.54, 1.807) is 6.20 Å². The Kier molecular flexibility index (Phi) is 3.56. The summed E-state index contributed by atoms with van der Waals surface area (Å²) >= 11 is 0. The van der Waals surface area contributed by atoms with Crippen LogP contribution in [0.4, 0.5) is 0 Å². The Bertz CT molecular complexity index is 759. The Morgan fingerprint density at radius 3 is 2.82 bits per heavy atom. The van der Waals surface area contributed by atoms with Crippen molar-refractivity contribution in [2.75, 3.05) is 13.1 Å².